The molecule has 2 aromatic rings. The van der Waals surface area contributed by atoms with Crippen molar-refractivity contribution in [2.75, 3.05) is 19.6 Å². The summed E-state index contributed by atoms with van der Waals surface area (Å²) in [6.45, 7) is 2.61. The summed E-state index contributed by atoms with van der Waals surface area (Å²) in [4.78, 5) is 20.1. The topological polar surface area (TPSA) is 45.2 Å². The molecule has 33 heavy (non-hydrogen) atoms. The number of nitrogens with zero attached hydrogens (tertiary/aromatic N) is 2. The summed E-state index contributed by atoms with van der Waals surface area (Å²) in [5.41, 5.74) is 3.01. The monoisotopic (exact) mass is 443 g/mol. The number of carbonyl (C=O) groups is 1. The molecule has 4 nitrogen and oxygen atoms in total. The SMILES string of the molecule is O=C(CN1CCC(Cc2ccccn2)CC1)NC12C[C@H]3C[C@@H](C1)CC(c1ccccc1)(C3)C2. The normalized spacial score (nSPS) is 33.8. The van der Waals surface area contributed by atoms with E-state index in [0.29, 0.717) is 12.5 Å². The maximum absolute atomic E-state index is 13.2. The fraction of sp³-hybridized carbons (Fsp3) is 0.586. The van der Waals surface area contributed by atoms with E-state index in [1.807, 2.05) is 12.3 Å². The maximum Gasteiger partial charge on any atom is 0.234 e. The molecule has 1 amide bonds. The molecule has 5 fully saturated rings. The molecule has 174 valence electrons. The van der Waals surface area contributed by atoms with Crippen molar-refractivity contribution < 1.29 is 4.79 Å². The van der Waals surface area contributed by atoms with Gasteiger partial charge in [-0.3, -0.25) is 14.7 Å². The van der Waals surface area contributed by atoms with Gasteiger partial charge in [0.15, 0.2) is 0 Å². The first-order valence-electron chi connectivity index (χ1n) is 13.1. The molecule has 1 aromatic heterocycles. The molecule has 5 aliphatic rings. The minimum Gasteiger partial charge on any atom is -0.350 e. The molecule has 1 N–H and O–H groups in total. The number of rotatable bonds is 6. The zero-order valence-electron chi connectivity index (χ0n) is 19.7. The molecular formula is C29H37N3O. The van der Waals surface area contributed by atoms with Crippen LogP contribution in [0.2, 0.25) is 0 Å². The second-order valence-corrected chi connectivity index (χ2v) is 11.7. The minimum absolute atomic E-state index is 0.0221. The van der Waals surface area contributed by atoms with Gasteiger partial charge in [-0.25, -0.2) is 0 Å². The van der Waals surface area contributed by atoms with Gasteiger partial charge < -0.3 is 5.32 Å². The van der Waals surface area contributed by atoms with Gasteiger partial charge in [0.25, 0.3) is 0 Å². The Kier molecular flexibility index (Phi) is 5.52. The second kappa shape index (κ2) is 8.54. The van der Waals surface area contributed by atoms with Gasteiger partial charge in [-0.15, -0.1) is 0 Å². The van der Waals surface area contributed by atoms with Gasteiger partial charge in [-0.05, 0) is 112 Å². The van der Waals surface area contributed by atoms with Crippen LogP contribution in [0.3, 0.4) is 0 Å². The lowest BCUT2D eigenvalue weighted by atomic mass is 9.45. The number of hydrogen-bond donors (Lipinski definition) is 1. The molecule has 2 heterocycles. The highest BCUT2D eigenvalue weighted by Crippen LogP contribution is 2.62. The third-order valence-electron chi connectivity index (χ3n) is 9.15. The molecule has 0 radical (unpaired) electrons. The summed E-state index contributed by atoms with van der Waals surface area (Å²) in [5, 5.41) is 3.63. The van der Waals surface area contributed by atoms with Crippen molar-refractivity contribution in [3.05, 3.63) is 66.0 Å². The van der Waals surface area contributed by atoms with E-state index in [-0.39, 0.29) is 16.9 Å². The number of hydrogen-bond acceptors (Lipinski definition) is 3. The van der Waals surface area contributed by atoms with Crippen molar-refractivity contribution in [1.29, 1.82) is 0 Å². The molecule has 1 aromatic carbocycles. The summed E-state index contributed by atoms with van der Waals surface area (Å²) in [6, 6.07) is 17.4. The predicted molar refractivity (Wildman–Crippen MR) is 131 cm³/mol. The molecule has 4 bridgehead atoms. The molecule has 4 aliphatic carbocycles. The summed E-state index contributed by atoms with van der Waals surface area (Å²) in [6.07, 6.45) is 12.8. The molecule has 4 heteroatoms. The molecule has 0 spiro atoms. The number of likely N-dealkylation sites (tertiary alicyclic amines) is 1. The van der Waals surface area contributed by atoms with Crippen LogP contribution in [0.25, 0.3) is 0 Å². The highest BCUT2D eigenvalue weighted by atomic mass is 16.2. The summed E-state index contributed by atoms with van der Waals surface area (Å²) in [5.74, 6) is 2.49. The average molecular weight is 444 g/mol. The van der Waals surface area contributed by atoms with Gasteiger partial charge in [0.05, 0.1) is 6.54 Å². The van der Waals surface area contributed by atoms with Crippen LogP contribution < -0.4 is 5.32 Å². The summed E-state index contributed by atoms with van der Waals surface area (Å²) < 4.78 is 0. The van der Waals surface area contributed by atoms with E-state index in [0.717, 1.165) is 50.6 Å². The van der Waals surface area contributed by atoms with Crippen LogP contribution in [0.4, 0.5) is 0 Å². The highest BCUT2D eigenvalue weighted by molar-refractivity contribution is 5.79. The van der Waals surface area contributed by atoms with Crippen LogP contribution in [0.5, 0.6) is 0 Å². The number of amides is 1. The molecule has 2 unspecified atom stereocenters. The Morgan fingerprint density at radius 2 is 1.70 bits per heavy atom. The predicted octanol–water partition coefficient (Wildman–Crippen LogP) is 4.74. The third kappa shape index (κ3) is 4.35. The zero-order valence-corrected chi connectivity index (χ0v) is 19.7. The Bertz CT molecular complexity index is 953. The van der Waals surface area contributed by atoms with Crippen molar-refractivity contribution in [2.24, 2.45) is 17.8 Å². The molecule has 4 saturated carbocycles. The quantitative estimate of drug-likeness (QED) is 0.701. The fourth-order valence-electron chi connectivity index (χ4n) is 8.24. The number of aromatic nitrogens is 1. The number of pyridine rings is 1. The van der Waals surface area contributed by atoms with E-state index < -0.39 is 0 Å². The van der Waals surface area contributed by atoms with Gasteiger partial charge in [0.1, 0.15) is 0 Å². The Hall–Kier alpha value is -2.20. The van der Waals surface area contributed by atoms with Crippen molar-refractivity contribution >= 4 is 5.91 Å². The Morgan fingerprint density at radius 3 is 2.39 bits per heavy atom. The van der Waals surface area contributed by atoms with Crippen LogP contribution >= 0.6 is 0 Å². The number of benzene rings is 1. The Balaban J connectivity index is 1.06. The van der Waals surface area contributed by atoms with Crippen LogP contribution in [0.15, 0.2) is 54.7 Å². The van der Waals surface area contributed by atoms with Crippen molar-refractivity contribution in [3.63, 3.8) is 0 Å². The van der Waals surface area contributed by atoms with Crippen LogP contribution in [-0.4, -0.2) is 41.0 Å². The highest BCUT2D eigenvalue weighted by Gasteiger charge is 2.58. The fourth-order valence-corrected chi connectivity index (χ4v) is 8.24. The van der Waals surface area contributed by atoms with Crippen LogP contribution in [0, 0.1) is 17.8 Å². The first-order chi connectivity index (χ1) is 16.1. The van der Waals surface area contributed by atoms with E-state index in [1.54, 1.807) is 0 Å². The van der Waals surface area contributed by atoms with Crippen molar-refractivity contribution in [3.8, 4) is 0 Å². The Labute approximate surface area is 198 Å². The van der Waals surface area contributed by atoms with Crippen molar-refractivity contribution in [2.45, 2.75) is 68.7 Å². The van der Waals surface area contributed by atoms with Crippen LogP contribution in [0.1, 0.15) is 62.6 Å². The smallest absolute Gasteiger partial charge is 0.234 e. The van der Waals surface area contributed by atoms with E-state index in [2.05, 4.69) is 57.7 Å². The van der Waals surface area contributed by atoms with Crippen molar-refractivity contribution in [1.82, 2.24) is 15.2 Å². The lowest BCUT2D eigenvalue weighted by molar-refractivity contribution is -0.129. The number of nitrogens with one attached hydrogen (secondary N) is 1. The molecule has 4 atom stereocenters. The first kappa shape index (κ1) is 21.3. The van der Waals surface area contributed by atoms with E-state index in [1.165, 1.54) is 43.4 Å². The van der Waals surface area contributed by atoms with E-state index in [9.17, 15) is 4.79 Å². The standard InChI is InChI=1S/C29H37N3O/c33-27(20-32-12-9-22(10-13-32)15-26-8-4-5-11-30-26)31-29-18-23-14-24(19-29)17-28(16-23,21-29)25-6-2-1-3-7-25/h1-8,11,22-24H,9-10,12-21H2,(H,31,33)/t23-,24+,28?,29?. The molecular weight excluding hydrogens is 406 g/mol. The van der Waals surface area contributed by atoms with Gasteiger partial charge >= 0.3 is 0 Å². The lowest BCUT2D eigenvalue weighted by Gasteiger charge is -2.62. The second-order valence-electron chi connectivity index (χ2n) is 11.7. The number of carbonyl (C=O) groups excluding carboxylic acids is 1. The first-order valence-corrected chi connectivity index (χ1v) is 13.1. The van der Waals surface area contributed by atoms with Gasteiger partial charge in [0, 0.05) is 17.4 Å². The number of piperidine rings is 1. The van der Waals surface area contributed by atoms with Gasteiger partial charge in [-0.1, -0.05) is 36.4 Å². The largest absolute Gasteiger partial charge is 0.350 e. The van der Waals surface area contributed by atoms with E-state index >= 15 is 0 Å². The summed E-state index contributed by atoms with van der Waals surface area (Å²) >= 11 is 0. The van der Waals surface area contributed by atoms with E-state index in [4.69, 9.17) is 0 Å². The molecule has 7 rings (SSSR count). The van der Waals surface area contributed by atoms with Gasteiger partial charge in [0.2, 0.25) is 5.91 Å². The third-order valence-corrected chi connectivity index (χ3v) is 9.15. The Morgan fingerprint density at radius 1 is 0.970 bits per heavy atom. The average Bonchev–Trinajstić information content (AvgIpc) is 2.80. The summed E-state index contributed by atoms with van der Waals surface area (Å²) in [7, 11) is 0. The van der Waals surface area contributed by atoms with Crippen LogP contribution in [-0.2, 0) is 16.6 Å². The zero-order chi connectivity index (χ0) is 22.3. The lowest BCUT2D eigenvalue weighted by Crippen LogP contribution is -2.65. The molecule has 1 saturated heterocycles. The molecule has 1 aliphatic heterocycles. The van der Waals surface area contributed by atoms with Gasteiger partial charge in [-0.2, -0.15) is 0 Å². The maximum atomic E-state index is 13.2. The minimum atomic E-state index is 0.0221.